The van der Waals surface area contributed by atoms with Crippen molar-refractivity contribution in [3.05, 3.63) is 64.0 Å². The summed E-state index contributed by atoms with van der Waals surface area (Å²) in [7, 11) is 0. The maximum Gasteiger partial charge on any atom is 0.192 e. The van der Waals surface area contributed by atoms with Crippen LogP contribution in [0.25, 0.3) is 4.85 Å². The Hall–Kier alpha value is -1.98. The Morgan fingerprint density at radius 2 is 2.00 bits per heavy atom. The van der Waals surface area contributed by atoms with Crippen LogP contribution in [0.3, 0.4) is 0 Å². The molecule has 0 heterocycles. The average Bonchev–Trinajstić information content (AvgIpc) is 2.40. The molecule has 0 fully saturated rings. The fourth-order valence-corrected chi connectivity index (χ4v) is 1.99. The first-order valence-electron chi connectivity index (χ1n) is 6.08. The summed E-state index contributed by atoms with van der Waals surface area (Å²) >= 11 is 5.97. The number of ether oxygens (including phenoxy) is 1. The summed E-state index contributed by atoms with van der Waals surface area (Å²) < 4.78 is 5.85. The van der Waals surface area contributed by atoms with Gasteiger partial charge < -0.3 is 4.74 Å². The Morgan fingerprint density at radius 1 is 1.21 bits per heavy atom. The molecule has 0 aliphatic carbocycles. The van der Waals surface area contributed by atoms with Gasteiger partial charge in [-0.05, 0) is 48.7 Å². The van der Waals surface area contributed by atoms with Gasteiger partial charge in [0.2, 0.25) is 0 Å². The van der Waals surface area contributed by atoms with E-state index in [0.29, 0.717) is 16.5 Å². The smallest absolute Gasteiger partial charge is 0.192 e. The van der Waals surface area contributed by atoms with Gasteiger partial charge in [-0.25, -0.2) is 4.85 Å². The summed E-state index contributed by atoms with van der Waals surface area (Å²) in [6.45, 7) is 11.1. The standard InChI is InChI=1S/C16H14ClNO/c1-4-12-6-5-11(2)16(7-12)19-15-9-13(17)8-14(10-15)18-3/h5-10H,4H2,1-2H3. The Bertz CT molecular complexity index is 644. The molecule has 0 aliphatic heterocycles. The highest BCUT2D eigenvalue weighted by atomic mass is 35.5. The highest BCUT2D eigenvalue weighted by molar-refractivity contribution is 6.31. The number of benzene rings is 2. The Balaban J connectivity index is 2.36. The first-order valence-corrected chi connectivity index (χ1v) is 6.45. The summed E-state index contributed by atoms with van der Waals surface area (Å²) in [6.07, 6.45) is 0.958. The molecule has 96 valence electrons. The van der Waals surface area contributed by atoms with Crippen LogP contribution in [0.15, 0.2) is 36.4 Å². The van der Waals surface area contributed by atoms with Crippen LogP contribution in [0.2, 0.25) is 5.02 Å². The molecule has 0 atom stereocenters. The third-order valence-corrected chi connectivity index (χ3v) is 3.09. The van der Waals surface area contributed by atoms with Gasteiger partial charge in [-0.2, -0.15) is 0 Å². The largest absolute Gasteiger partial charge is 0.458 e. The molecule has 19 heavy (non-hydrogen) atoms. The zero-order chi connectivity index (χ0) is 13.8. The number of hydrogen-bond donors (Lipinski definition) is 0. The molecule has 0 N–H and O–H groups in total. The van der Waals surface area contributed by atoms with Crippen LogP contribution in [-0.4, -0.2) is 0 Å². The molecular formula is C16H14ClNO. The van der Waals surface area contributed by atoms with E-state index in [0.717, 1.165) is 17.7 Å². The van der Waals surface area contributed by atoms with E-state index in [2.05, 4.69) is 17.8 Å². The molecule has 0 aliphatic rings. The van der Waals surface area contributed by atoms with Crippen molar-refractivity contribution < 1.29 is 4.74 Å². The molecule has 0 bridgehead atoms. The molecular weight excluding hydrogens is 258 g/mol. The minimum atomic E-state index is 0.479. The van der Waals surface area contributed by atoms with Crippen LogP contribution < -0.4 is 4.74 Å². The minimum Gasteiger partial charge on any atom is -0.458 e. The first kappa shape index (κ1) is 13.5. The van der Waals surface area contributed by atoms with E-state index >= 15 is 0 Å². The third-order valence-electron chi connectivity index (χ3n) is 2.87. The maximum absolute atomic E-state index is 7.03. The van der Waals surface area contributed by atoms with Gasteiger partial charge in [0, 0.05) is 5.02 Å². The van der Waals surface area contributed by atoms with E-state index < -0.39 is 0 Å². The molecule has 2 aromatic rings. The lowest BCUT2D eigenvalue weighted by Crippen LogP contribution is -1.90. The van der Waals surface area contributed by atoms with Crippen molar-refractivity contribution in [2.24, 2.45) is 0 Å². The lowest BCUT2D eigenvalue weighted by atomic mass is 10.1. The normalized spacial score (nSPS) is 10.0. The maximum atomic E-state index is 7.03. The molecule has 0 amide bonds. The SMILES string of the molecule is [C-]#[N+]c1cc(Cl)cc(Oc2cc(CC)ccc2C)c1. The Morgan fingerprint density at radius 3 is 2.68 bits per heavy atom. The molecule has 0 unspecified atom stereocenters. The lowest BCUT2D eigenvalue weighted by Gasteiger charge is -2.11. The van der Waals surface area contributed by atoms with Crippen molar-refractivity contribution in [2.75, 3.05) is 0 Å². The minimum absolute atomic E-state index is 0.479. The molecule has 0 saturated carbocycles. The van der Waals surface area contributed by atoms with E-state index in [1.807, 2.05) is 19.1 Å². The number of aryl methyl sites for hydroxylation is 2. The van der Waals surface area contributed by atoms with Gasteiger partial charge in [-0.3, -0.25) is 0 Å². The second-order valence-corrected chi connectivity index (χ2v) is 4.75. The Labute approximate surface area is 118 Å². The quantitative estimate of drug-likeness (QED) is 0.667. The van der Waals surface area contributed by atoms with Crippen LogP contribution >= 0.6 is 11.6 Å². The topological polar surface area (TPSA) is 13.6 Å². The summed E-state index contributed by atoms with van der Waals surface area (Å²) in [5.41, 5.74) is 2.75. The van der Waals surface area contributed by atoms with Crippen molar-refractivity contribution in [1.82, 2.24) is 0 Å². The molecule has 2 nitrogen and oxygen atoms in total. The van der Waals surface area contributed by atoms with E-state index in [-0.39, 0.29) is 0 Å². The van der Waals surface area contributed by atoms with Crippen molar-refractivity contribution in [2.45, 2.75) is 20.3 Å². The van der Waals surface area contributed by atoms with Gasteiger partial charge >= 0.3 is 0 Å². The van der Waals surface area contributed by atoms with E-state index in [9.17, 15) is 0 Å². The van der Waals surface area contributed by atoms with Crippen LogP contribution in [0.5, 0.6) is 11.5 Å². The third kappa shape index (κ3) is 3.27. The predicted molar refractivity (Wildman–Crippen MR) is 78.3 cm³/mol. The van der Waals surface area contributed by atoms with Crippen molar-refractivity contribution in [3.63, 3.8) is 0 Å². The van der Waals surface area contributed by atoms with Crippen molar-refractivity contribution in [3.8, 4) is 11.5 Å². The lowest BCUT2D eigenvalue weighted by molar-refractivity contribution is 0.478. The Kier molecular flexibility index (Phi) is 4.09. The molecule has 0 aromatic heterocycles. The molecule has 0 spiro atoms. The van der Waals surface area contributed by atoms with Gasteiger partial charge in [0.1, 0.15) is 11.5 Å². The first-order chi connectivity index (χ1) is 9.12. The monoisotopic (exact) mass is 271 g/mol. The summed E-state index contributed by atoms with van der Waals surface area (Å²) in [4.78, 5) is 3.38. The zero-order valence-electron chi connectivity index (χ0n) is 10.9. The van der Waals surface area contributed by atoms with Crippen molar-refractivity contribution >= 4 is 17.3 Å². The molecule has 2 aromatic carbocycles. The molecule has 0 saturated heterocycles. The highest BCUT2D eigenvalue weighted by Crippen LogP contribution is 2.31. The van der Waals surface area contributed by atoms with Gasteiger partial charge in [0.25, 0.3) is 0 Å². The van der Waals surface area contributed by atoms with Crippen LogP contribution in [0, 0.1) is 13.5 Å². The van der Waals surface area contributed by atoms with Crippen LogP contribution in [-0.2, 0) is 6.42 Å². The van der Waals surface area contributed by atoms with Gasteiger partial charge in [0.15, 0.2) is 5.69 Å². The number of nitrogens with zero attached hydrogens (tertiary/aromatic N) is 1. The van der Waals surface area contributed by atoms with Crippen LogP contribution in [0.4, 0.5) is 5.69 Å². The van der Waals surface area contributed by atoms with Gasteiger partial charge in [-0.1, -0.05) is 30.7 Å². The zero-order valence-corrected chi connectivity index (χ0v) is 11.7. The molecule has 3 heteroatoms. The summed E-state index contributed by atoms with van der Waals surface area (Å²) in [5, 5.41) is 0.507. The number of rotatable bonds is 3. The van der Waals surface area contributed by atoms with Crippen molar-refractivity contribution in [1.29, 1.82) is 0 Å². The van der Waals surface area contributed by atoms with Crippen LogP contribution in [0.1, 0.15) is 18.1 Å². The average molecular weight is 272 g/mol. The van der Waals surface area contributed by atoms with Gasteiger partial charge in [-0.15, -0.1) is 0 Å². The number of hydrogen-bond acceptors (Lipinski definition) is 1. The second-order valence-electron chi connectivity index (χ2n) is 4.31. The fourth-order valence-electron chi connectivity index (χ4n) is 1.77. The molecule has 2 rings (SSSR count). The van der Waals surface area contributed by atoms with Gasteiger partial charge in [0.05, 0.1) is 6.57 Å². The second kappa shape index (κ2) is 5.77. The summed E-state index contributed by atoms with van der Waals surface area (Å²) in [6, 6.07) is 11.2. The fraction of sp³-hybridized carbons (Fsp3) is 0.188. The van der Waals surface area contributed by atoms with E-state index in [1.54, 1.807) is 18.2 Å². The molecule has 0 radical (unpaired) electrons. The number of halogens is 1. The predicted octanol–water partition coefficient (Wildman–Crippen LogP) is 5.55. The summed E-state index contributed by atoms with van der Waals surface area (Å²) in [5.74, 6) is 1.40. The van der Waals surface area contributed by atoms with E-state index in [1.165, 1.54) is 5.56 Å². The highest BCUT2D eigenvalue weighted by Gasteiger charge is 2.05. The van der Waals surface area contributed by atoms with E-state index in [4.69, 9.17) is 22.9 Å².